The normalized spacial score (nSPS) is 9.65. The molecule has 0 aliphatic heterocycles. The lowest BCUT2D eigenvalue weighted by Gasteiger charge is -2.05. The maximum atomic E-state index is 8.70. The molecule has 0 atom stereocenters. The van der Waals surface area contributed by atoms with Crippen LogP contribution in [0.5, 0.6) is 5.88 Å². The summed E-state index contributed by atoms with van der Waals surface area (Å²) in [6, 6.07) is 14.9. The molecule has 2 aromatic rings. The lowest BCUT2D eigenvalue weighted by atomic mass is 10.2. The van der Waals surface area contributed by atoms with E-state index in [1.807, 2.05) is 36.4 Å². The zero-order valence-corrected chi connectivity index (χ0v) is 9.69. The van der Waals surface area contributed by atoms with Crippen molar-refractivity contribution in [3.8, 4) is 11.9 Å². The van der Waals surface area contributed by atoms with Crippen LogP contribution in [0.2, 0.25) is 5.15 Å². The molecule has 0 aliphatic carbocycles. The van der Waals surface area contributed by atoms with Gasteiger partial charge in [-0.2, -0.15) is 5.26 Å². The standard InChI is InChI=1S/C13H9ClN2O/c14-13-11(8-15)6-7-12(16-13)17-9-10-4-2-1-3-5-10/h1-7H,9H2. The van der Waals surface area contributed by atoms with Crippen molar-refractivity contribution in [2.24, 2.45) is 0 Å². The zero-order valence-electron chi connectivity index (χ0n) is 8.93. The quantitative estimate of drug-likeness (QED) is 0.779. The van der Waals surface area contributed by atoms with Gasteiger partial charge in [0, 0.05) is 6.07 Å². The Morgan fingerprint density at radius 3 is 2.59 bits per heavy atom. The number of ether oxygens (including phenoxy) is 1. The van der Waals surface area contributed by atoms with Crippen LogP contribution in [-0.4, -0.2) is 4.98 Å². The molecule has 3 nitrogen and oxygen atoms in total. The minimum atomic E-state index is 0.165. The maximum absolute atomic E-state index is 8.70. The first-order valence-electron chi connectivity index (χ1n) is 5.03. The van der Waals surface area contributed by atoms with Crippen molar-refractivity contribution < 1.29 is 4.74 Å². The molecule has 1 aromatic carbocycles. The van der Waals surface area contributed by atoms with E-state index >= 15 is 0 Å². The summed E-state index contributed by atoms with van der Waals surface area (Å²) in [5.41, 5.74) is 1.40. The van der Waals surface area contributed by atoms with Crippen LogP contribution in [0.4, 0.5) is 0 Å². The van der Waals surface area contributed by atoms with Gasteiger partial charge in [0.15, 0.2) is 5.15 Å². The molecular formula is C13H9ClN2O. The van der Waals surface area contributed by atoms with E-state index in [1.54, 1.807) is 12.1 Å². The van der Waals surface area contributed by atoms with Gasteiger partial charge in [-0.25, -0.2) is 4.98 Å². The van der Waals surface area contributed by atoms with Crippen molar-refractivity contribution in [2.45, 2.75) is 6.61 Å². The number of benzene rings is 1. The Hall–Kier alpha value is -2.05. The molecule has 1 heterocycles. The summed E-state index contributed by atoms with van der Waals surface area (Å²) in [7, 11) is 0. The first-order chi connectivity index (χ1) is 8.29. The fourth-order valence-corrected chi connectivity index (χ4v) is 1.50. The van der Waals surface area contributed by atoms with Crippen LogP contribution in [-0.2, 0) is 6.61 Å². The van der Waals surface area contributed by atoms with E-state index in [0.29, 0.717) is 18.1 Å². The van der Waals surface area contributed by atoms with Gasteiger partial charge in [0.2, 0.25) is 5.88 Å². The van der Waals surface area contributed by atoms with Gasteiger partial charge in [-0.15, -0.1) is 0 Å². The number of halogens is 1. The minimum absolute atomic E-state index is 0.165. The topological polar surface area (TPSA) is 45.9 Å². The molecule has 0 unspecified atom stereocenters. The van der Waals surface area contributed by atoms with E-state index in [2.05, 4.69) is 4.98 Å². The molecular weight excluding hydrogens is 236 g/mol. The van der Waals surface area contributed by atoms with E-state index < -0.39 is 0 Å². The first kappa shape index (κ1) is 11.4. The van der Waals surface area contributed by atoms with Crippen molar-refractivity contribution in [2.75, 3.05) is 0 Å². The molecule has 2 rings (SSSR count). The van der Waals surface area contributed by atoms with E-state index in [9.17, 15) is 0 Å². The van der Waals surface area contributed by atoms with Crippen LogP contribution in [0, 0.1) is 11.3 Å². The summed E-state index contributed by atoms with van der Waals surface area (Å²) in [4.78, 5) is 3.98. The van der Waals surface area contributed by atoms with E-state index in [0.717, 1.165) is 5.56 Å². The Balaban J connectivity index is 2.06. The number of aromatic nitrogens is 1. The van der Waals surface area contributed by atoms with Crippen LogP contribution >= 0.6 is 11.6 Å². The number of hydrogen-bond acceptors (Lipinski definition) is 3. The third-order valence-corrected chi connectivity index (χ3v) is 2.46. The number of rotatable bonds is 3. The molecule has 1 aromatic heterocycles. The maximum Gasteiger partial charge on any atom is 0.215 e. The minimum Gasteiger partial charge on any atom is -0.473 e. The largest absolute Gasteiger partial charge is 0.473 e. The second-order valence-corrected chi connectivity index (χ2v) is 3.73. The summed E-state index contributed by atoms with van der Waals surface area (Å²) in [6.07, 6.45) is 0. The lowest BCUT2D eigenvalue weighted by molar-refractivity contribution is 0.294. The van der Waals surface area contributed by atoms with Gasteiger partial charge in [0.05, 0.1) is 5.56 Å². The fraction of sp³-hybridized carbons (Fsp3) is 0.0769. The average molecular weight is 245 g/mol. The lowest BCUT2D eigenvalue weighted by Crippen LogP contribution is -1.97. The number of nitrogens with zero attached hydrogens (tertiary/aromatic N) is 2. The van der Waals surface area contributed by atoms with Crippen molar-refractivity contribution in [1.29, 1.82) is 5.26 Å². The molecule has 4 heteroatoms. The van der Waals surface area contributed by atoms with Crippen LogP contribution < -0.4 is 4.74 Å². The van der Waals surface area contributed by atoms with Crippen LogP contribution in [0.25, 0.3) is 0 Å². The molecule has 0 spiro atoms. The van der Waals surface area contributed by atoms with Crippen molar-refractivity contribution in [3.05, 3.63) is 58.7 Å². The molecule has 84 valence electrons. The van der Waals surface area contributed by atoms with Crippen LogP contribution in [0.3, 0.4) is 0 Å². The molecule has 17 heavy (non-hydrogen) atoms. The molecule has 0 radical (unpaired) electrons. The first-order valence-corrected chi connectivity index (χ1v) is 5.41. The molecule has 0 fully saturated rings. The van der Waals surface area contributed by atoms with Gasteiger partial charge in [0.25, 0.3) is 0 Å². The Labute approximate surface area is 104 Å². The Bertz CT molecular complexity index is 549. The second kappa shape index (κ2) is 5.33. The van der Waals surface area contributed by atoms with Gasteiger partial charge in [0.1, 0.15) is 12.7 Å². The highest BCUT2D eigenvalue weighted by Gasteiger charge is 2.03. The highest BCUT2D eigenvalue weighted by molar-refractivity contribution is 6.30. The number of hydrogen-bond donors (Lipinski definition) is 0. The van der Waals surface area contributed by atoms with Crippen molar-refractivity contribution in [1.82, 2.24) is 4.98 Å². The second-order valence-electron chi connectivity index (χ2n) is 3.37. The van der Waals surface area contributed by atoms with Gasteiger partial charge in [-0.05, 0) is 11.6 Å². The number of nitriles is 1. The van der Waals surface area contributed by atoms with Crippen molar-refractivity contribution >= 4 is 11.6 Å². The smallest absolute Gasteiger partial charge is 0.215 e. The summed E-state index contributed by atoms with van der Waals surface area (Å²) in [5, 5.41) is 8.87. The summed E-state index contributed by atoms with van der Waals surface area (Å²) < 4.78 is 5.47. The molecule has 0 saturated heterocycles. The molecule has 0 N–H and O–H groups in total. The molecule has 0 bridgehead atoms. The van der Waals surface area contributed by atoms with Crippen LogP contribution in [0.15, 0.2) is 42.5 Å². The Morgan fingerprint density at radius 2 is 1.94 bits per heavy atom. The summed E-state index contributed by atoms with van der Waals surface area (Å²) in [5.74, 6) is 0.415. The summed E-state index contributed by atoms with van der Waals surface area (Å²) in [6.45, 7) is 0.427. The average Bonchev–Trinajstić information content (AvgIpc) is 2.38. The fourth-order valence-electron chi connectivity index (χ4n) is 1.31. The zero-order chi connectivity index (χ0) is 12.1. The Kier molecular flexibility index (Phi) is 3.59. The highest BCUT2D eigenvalue weighted by atomic mass is 35.5. The predicted molar refractivity (Wildman–Crippen MR) is 64.7 cm³/mol. The highest BCUT2D eigenvalue weighted by Crippen LogP contribution is 2.17. The third-order valence-electron chi connectivity index (χ3n) is 2.17. The third kappa shape index (κ3) is 2.96. The SMILES string of the molecule is N#Cc1ccc(OCc2ccccc2)nc1Cl. The van der Waals surface area contributed by atoms with Gasteiger partial charge >= 0.3 is 0 Å². The summed E-state index contributed by atoms with van der Waals surface area (Å²) >= 11 is 5.80. The van der Waals surface area contributed by atoms with Crippen LogP contribution in [0.1, 0.15) is 11.1 Å². The van der Waals surface area contributed by atoms with Gasteiger partial charge in [-0.3, -0.25) is 0 Å². The van der Waals surface area contributed by atoms with Crippen molar-refractivity contribution in [3.63, 3.8) is 0 Å². The van der Waals surface area contributed by atoms with E-state index in [-0.39, 0.29) is 5.15 Å². The number of pyridine rings is 1. The van der Waals surface area contributed by atoms with Gasteiger partial charge < -0.3 is 4.74 Å². The predicted octanol–water partition coefficient (Wildman–Crippen LogP) is 3.19. The van der Waals surface area contributed by atoms with E-state index in [4.69, 9.17) is 21.6 Å². The van der Waals surface area contributed by atoms with Gasteiger partial charge in [-0.1, -0.05) is 41.9 Å². The van der Waals surface area contributed by atoms with E-state index in [1.165, 1.54) is 0 Å². The molecule has 0 aliphatic rings. The molecule has 0 amide bonds. The monoisotopic (exact) mass is 244 g/mol. The molecule has 0 saturated carbocycles. The Morgan fingerprint density at radius 1 is 1.18 bits per heavy atom.